The van der Waals surface area contributed by atoms with Crippen molar-refractivity contribution in [1.82, 2.24) is 39.9 Å². The number of hydrogen-bond acceptors (Lipinski definition) is 6. The van der Waals surface area contributed by atoms with Gasteiger partial charge in [0.25, 0.3) is 7.42 Å². The van der Waals surface area contributed by atoms with Crippen LogP contribution in [0.4, 0.5) is 0 Å². The van der Waals surface area contributed by atoms with Crippen LogP contribution in [0.2, 0.25) is 0 Å². The number of nitrogens with zero attached hydrogens (tertiary/aromatic N) is 6. The van der Waals surface area contributed by atoms with Crippen molar-refractivity contribution in [1.29, 1.82) is 0 Å². The molecule has 3 aromatic heterocycles. The Kier molecular flexibility index (Phi) is 6.18. The number of rotatable bonds is 1. The number of aromatic amines is 2. The first-order valence-corrected chi connectivity index (χ1v) is 19.4. The van der Waals surface area contributed by atoms with Crippen LogP contribution in [0, 0.1) is 0 Å². The SMILES string of the molecule is CC(C)(C)c1ccc2c3nc4nc(nc5[nH]c(nc6nc(nc([nH]3)c2c1[SiH](Cl)Cl)-c1ccccc1-6)c1ccccc51)-c1ccccc1-4. The molecule has 2 aliphatic rings. The highest BCUT2D eigenvalue weighted by Crippen LogP contribution is 2.37. The molecular weight excluding hydrogens is 643 g/mol. The van der Waals surface area contributed by atoms with Gasteiger partial charge in [-0.1, -0.05) is 106 Å². The molecule has 11 heteroatoms. The monoisotopic (exact) mass is 668 g/mol. The van der Waals surface area contributed by atoms with Crippen LogP contribution in [0.15, 0.2) is 84.9 Å². The van der Waals surface area contributed by atoms with Crippen LogP contribution < -0.4 is 5.19 Å². The van der Waals surface area contributed by atoms with Crippen LogP contribution >= 0.6 is 22.2 Å². The summed E-state index contributed by atoms with van der Waals surface area (Å²) in [7, 11) is -2.41. The summed E-state index contributed by atoms with van der Waals surface area (Å²) in [6.07, 6.45) is 0. The Morgan fingerprint density at radius 1 is 0.489 bits per heavy atom. The van der Waals surface area contributed by atoms with Gasteiger partial charge >= 0.3 is 0 Å². The zero-order chi connectivity index (χ0) is 32.0. The lowest BCUT2D eigenvalue weighted by molar-refractivity contribution is 0.595. The van der Waals surface area contributed by atoms with E-state index in [9.17, 15) is 0 Å². The molecule has 0 spiro atoms. The average molecular weight is 670 g/mol. The molecule has 47 heavy (non-hydrogen) atoms. The highest BCUT2D eigenvalue weighted by Gasteiger charge is 2.28. The van der Waals surface area contributed by atoms with Gasteiger partial charge in [-0.15, -0.1) is 22.2 Å². The van der Waals surface area contributed by atoms with Gasteiger partial charge in [-0.25, -0.2) is 29.9 Å². The molecule has 2 aliphatic heterocycles. The number of H-pyrrole nitrogens is 2. The Hall–Kier alpha value is -4.96. The predicted octanol–water partition coefficient (Wildman–Crippen LogP) is 8.07. The second-order valence-corrected chi connectivity index (χ2v) is 17.2. The minimum absolute atomic E-state index is 0.200. The fraction of sp³-hybridized carbons (Fsp3) is 0.111. The highest BCUT2D eigenvalue weighted by atomic mass is 35.7. The minimum Gasteiger partial charge on any atom is -0.324 e. The van der Waals surface area contributed by atoms with Gasteiger partial charge in [0.05, 0.1) is 0 Å². The van der Waals surface area contributed by atoms with Crippen LogP contribution in [0.25, 0.3) is 89.7 Å². The molecule has 8 bridgehead atoms. The third kappa shape index (κ3) is 4.41. The summed E-state index contributed by atoms with van der Waals surface area (Å²) in [5.74, 6) is 2.21. The largest absolute Gasteiger partial charge is 0.324 e. The Labute approximate surface area is 280 Å². The molecule has 4 aromatic carbocycles. The van der Waals surface area contributed by atoms with Gasteiger partial charge in [0.15, 0.2) is 23.3 Å². The molecule has 0 saturated heterocycles. The van der Waals surface area contributed by atoms with E-state index in [2.05, 4.69) is 42.9 Å². The summed E-state index contributed by atoms with van der Waals surface area (Å²) in [6, 6.07) is 28.2. The van der Waals surface area contributed by atoms with Crippen molar-refractivity contribution < 1.29 is 0 Å². The number of nitrogens with one attached hydrogen (secondary N) is 2. The number of hydrogen-bond donors (Lipinski definition) is 2. The maximum Gasteiger partial charge on any atom is 0.267 e. The van der Waals surface area contributed by atoms with Gasteiger partial charge in [0.1, 0.15) is 22.6 Å². The lowest BCUT2D eigenvalue weighted by Gasteiger charge is -2.24. The fourth-order valence-corrected chi connectivity index (χ4v) is 9.27. The first-order chi connectivity index (χ1) is 22.7. The molecule has 0 aliphatic carbocycles. The van der Waals surface area contributed by atoms with E-state index in [0.717, 1.165) is 54.5 Å². The predicted molar refractivity (Wildman–Crippen MR) is 193 cm³/mol. The third-order valence-corrected chi connectivity index (χ3v) is 11.1. The topological polar surface area (TPSA) is 109 Å². The molecule has 0 fully saturated rings. The summed E-state index contributed by atoms with van der Waals surface area (Å²) in [5, 5.41) is 4.51. The number of aromatic nitrogens is 8. The van der Waals surface area contributed by atoms with E-state index in [0.29, 0.717) is 45.9 Å². The summed E-state index contributed by atoms with van der Waals surface area (Å²) in [6.45, 7) is 6.50. The van der Waals surface area contributed by atoms with E-state index < -0.39 is 7.42 Å². The molecule has 7 aromatic rings. The zero-order valence-electron chi connectivity index (χ0n) is 25.6. The van der Waals surface area contributed by atoms with E-state index in [1.54, 1.807) is 0 Å². The van der Waals surface area contributed by atoms with Crippen LogP contribution in [0.5, 0.6) is 0 Å². The minimum atomic E-state index is -2.41. The molecule has 5 heterocycles. The van der Waals surface area contributed by atoms with Crippen LogP contribution in [0.1, 0.15) is 26.3 Å². The second kappa shape index (κ2) is 10.3. The van der Waals surface area contributed by atoms with Gasteiger partial charge in [-0.2, -0.15) is 0 Å². The Morgan fingerprint density at radius 2 is 0.894 bits per heavy atom. The molecule has 0 atom stereocenters. The molecule has 2 N–H and O–H groups in total. The molecule has 0 amide bonds. The van der Waals surface area contributed by atoms with Crippen LogP contribution in [-0.2, 0) is 5.41 Å². The van der Waals surface area contributed by atoms with Crippen molar-refractivity contribution in [3.63, 3.8) is 0 Å². The lowest BCUT2D eigenvalue weighted by atomic mass is 9.86. The van der Waals surface area contributed by atoms with E-state index in [4.69, 9.17) is 52.1 Å². The van der Waals surface area contributed by atoms with Crippen molar-refractivity contribution in [2.75, 3.05) is 0 Å². The van der Waals surface area contributed by atoms with E-state index in [1.165, 1.54) is 0 Å². The number of halogens is 2. The van der Waals surface area contributed by atoms with E-state index in [-0.39, 0.29) is 5.41 Å². The number of benzene rings is 4. The van der Waals surface area contributed by atoms with Gasteiger partial charge in [-0.3, -0.25) is 0 Å². The molecule has 9 rings (SSSR count). The normalized spacial score (nSPS) is 12.6. The van der Waals surface area contributed by atoms with Crippen LogP contribution in [-0.4, -0.2) is 47.3 Å². The highest BCUT2D eigenvalue weighted by molar-refractivity contribution is 7.40. The molecule has 0 saturated carbocycles. The quantitative estimate of drug-likeness (QED) is 0.135. The fourth-order valence-electron chi connectivity index (χ4n) is 6.64. The zero-order valence-corrected chi connectivity index (χ0v) is 28.3. The van der Waals surface area contributed by atoms with Gasteiger partial charge in [-0.05, 0) is 16.2 Å². The molecule has 228 valence electrons. The third-order valence-electron chi connectivity index (χ3n) is 8.79. The molecular formula is C36H26Cl2N8Si. The molecule has 8 nitrogen and oxygen atoms in total. The summed E-state index contributed by atoms with van der Waals surface area (Å²) < 4.78 is 0. The van der Waals surface area contributed by atoms with Gasteiger partial charge in [0, 0.05) is 43.8 Å². The standard InChI is InChI=1S/C36H26Cl2N8Si/c1-36(2,3)25-17-16-24-26(27(25)47(37)38)35-45-33-23-15-9-8-14-22(23)31(43-33)41-29-19-11-5-4-10-18(19)28(39-29)40-30-20-12-6-7-13-21(20)32(42-30)44-34(24)46-35/h4-17,47H,1-3H3,(H2,39,40,41,42,43,44,45,46). The molecule has 0 radical (unpaired) electrons. The summed E-state index contributed by atoms with van der Waals surface area (Å²) >= 11 is 13.8. The van der Waals surface area contributed by atoms with Crippen molar-refractivity contribution >= 4 is 78.9 Å². The van der Waals surface area contributed by atoms with Crippen molar-refractivity contribution in [3.8, 4) is 45.6 Å². The van der Waals surface area contributed by atoms with Crippen molar-refractivity contribution in [2.45, 2.75) is 26.2 Å². The summed E-state index contributed by atoms with van der Waals surface area (Å²) in [5.41, 5.74) is 6.96. The van der Waals surface area contributed by atoms with Crippen molar-refractivity contribution in [3.05, 3.63) is 90.5 Å². The van der Waals surface area contributed by atoms with Gasteiger partial charge in [0.2, 0.25) is 0 Å². The lowest BCUT2D eigenvalue weighted by Crippen LogP contribution is -2.30. The van der Waals surface area contributed by atoms with Crippen molar-refractivity contribution in [2.24, 2.45) is 0 Å². The average Bonchev–Trinajstić information content (AvgIpc) is 3.79. The first kappa shape index (κ1) is 28.3. The smallest absolute Gasteiger partial charge is 0.267 e. The first-order valence-electron chi connectivity index (χ1n) is 15.3. The Morgan fingerprint density at radius 3 is 1.34 bits per heavy atom. The Bertz CT molecular complexity index is 2610. The second-order valence-electron chi connectivity index (χ2n) is 12.7. The van der Waals surface area contributed by atoms with Crippen LogP contribution in [0.3, 0.4) is 0 Å². The number of fused-ring (bicyclic) bond motifs is 20. The summed E-state index contributed by atoms with van der Waals surface area (Å²) in [4.78, 5) is 37.4. The molecule has 0 unspecified atom stereocenters. The maximum atomic E-state index is 6.91. The maximum absolute atomic E-state index is 6.91. The Balaban J connectivity index is 1.52. The van der Waals surface area contributed by atoms with E-state index in [1.807, 2.05) is 72.8 Å². The van der Waals surface area contributed by atoms with E-state index >= 15 is 0 Å². The van der Waals surface area contributed by atoms with Gasteiger partial charge < -0.3 is 9.97 Å².